The van der Waals surface area contributed by atoms with Crippen molar-refractivity contribution in [2.45, 2.75) is 24.9 Å². The molecule has 2 rings (SSSR count). The van der Waals surface area contributed by atoms with E-state index in [-0.39, 0.29) is 12.8 Å². The van der Waals surface area contributed by atoms with Crippen molar-refractivity contribution in [2.24, 2.45) is 0 Å². The minimum atomic E-state index is -1.14. The summed E-state index contributed by atoms with van der Waals surface area (Å²) in [5, 5.41) is 14.6. The molecule has 0 radical (unpaired) electrons. The molecule has 27 heavy (non-hydrogen) atoms. The molecule has 6 heteroatoms. The third-order valence-corrected chi connectivity index (χ3v) is 4.00. The molecule has 6 nitrogen and oxygen atoms in total. The first kappa shape index (κ1) is 19.9. The Kier molecular flexibility index (Phi) is 7.31. The molecular formula is C21H22N2O4. The van der Waals surface area contributed by atoms with Crippen LogP contribution in [0.3, 0.4) is 0 Å². The van der Waals surface area contributed by atoms with Crippen LogP contribution >= 0.6 is 0 Å². The van der Waals surface area contributed by atoms with Crippen LogP contribution in [0.15, 0.2) is 73.3 Å². The van der Waals surface area contributed by atoms with E-state index in [9.17, 15) is 19.5 Å². The van der Waals surface area contributed by atoms with E-state index in [1.807, 2.05) is 36.4 Å². The fourth-order valence-corrected chi connectivity index (χ4v) is 2.61. The third kappa shape index (κ3) is 6.43. The van der Waals surface area contributed by atoms with Crippen molar-refractivity contribution >= 4 is 17.8 Å². The van der Waals surface area contributed by atoms with E-state index in [0.29, 0.717) is 0 Å². The largest absolute Gasteiger partial charge is 0.480 e. The highest BCUT2D eigenvalue weighted by molar-refractivity contribution is 5.94. The van der Waals surface area contributed by atoms with Crippen LogP contribution < -0.4 is 10.6 Å². The van der Waals surface area contributed by atoms with Crippen LogP contribution in [-0.2, 0) is 27.2 Å². The molecule has 2 aromatic carbocycles. The van der Waals surface area contributed by atoms with Crippen molar-refractivity contribution in [1.82, 2.24) is 10.6 Å². The number of benzene rings is 2. The summed E-state index contributed by atoms with van der Waals surface area (Å²) in [5.74, 6) is -2.20. The highest BCUT2D eigenvalue weighted by Crippen LogP contribution is 2.07. The zero-order valence-corrected chi connectivity index (χ0v) is 14.8. The Bertz CT molecular complexity index is 790. The van der Waals surface area contributed by atoms with E-state index < -0.39 is 29.9 Å². The van der Waals surface area contributed by atoms with Crippen LogP contribution in [-0.4, -0.2) is 35.0 Å². The average molecular weight is 366 g/mol. The first-order valence-corrected chi connectivity index (χ1v) is 8.53. The zero-order valence-electron chi connectivity index (χ0n) is 14.8. The standard InChI is InChI=1S/C21H22N2O4/c1-2-19(24)22-17(13-15-9-5-3-6-10-15)20(25)23-18(21(26)27)14-16-11-7-4-8-12-16/h2-12,17-18H,1,13-14H2,(H,22,24)(H,23,25)(H,26,27)/t17-,18-/m0/s1. The number of hydrogen-bond acceptors (Lipinski definition) is 3. The lowest BCUT2D eigenvalue weighted by molar-refractivity contribution is -0.142. The van der Waals surface area contributed by atoms with Gasteiger partial charge in [-0.15, -0.1) is 0 Å². The molecule has 0 heterocycles. The van der Waals surface area contributed by atoms with Crippen molar-refractivity contribution in [3.05, 3.63) is 84.4 Å². The normalized spacial score (nSPS) is 12.4. The minimum absolute atomic E-state index is 0.148. The first-order valence-electron chi connectivity index (χ1n) is 8.53. The summed E-state index contributed by atoms with van der Waals surface area (Å²) >= 11 is 0. The van der Waals surface area contributed by atoms with E-state index in [1.54, 1.807) is 24.3 Å². The lowest BCUT2D eigenvalue weighted by Gasteiger charge is -2.21. The molecule has 3 N–H and O–H groups in total. The molecule has 2 aromatic rings. The van der Waals surface area contributed by atoms with Crippen LogP contribution in [0.5, 0.6) is 0 Å². The molecular weight excluding hydrogens is 344 g/mol. The summed E-state index contributed by atoms with van der Waals surface area (Å²) in [6.07, 6.45) is 1.46. The van der Waals surface area contributed by atoms with Crippen LogP contribution in [0.25, 0.3) is 0 Å². The third-order valence-electron chi connectivity index (χ3n) is 4.00. The number of carbonyl (C=O) groups excluding carboxylic acids is 2. The van der Waals surface area contributed by atoms with Gasteiger partial charge in [-0.2, -0.15) is 0 Å². The van der Waals surface area contributed by atoms with Gasteiger partial charge in [-0.25, -0.2) is 4.79 Å². The molecule has 0 fully saturated rings. The van der Waals surface area contributed by atoms with Gasteiger partial charge in [0.1, 0.15) is 12.1 Å². The van der Waals surface area contributed by atoms with Gasteiger partial charge >= 0.3 is 5.97 Å². The van der Waals surface area contributed by atoms with Crippen LogP contribution in [0, 0.1) is 0 Å². The minimum Gasteiger partial charge on any atom is -0.480 e. The molecule has 0 spiro atoms. The Morgan fingerprint density at radius 1 is 0.852 bits per heavy atom. The van der Waals surface area contributed by atoms with E-state index >= 15 is 0 Å². The Balaban J connectivity index is 2.12. The van der Waals surface area contributed by atoms with Gasteiger partial charge in [-0.3, -0.25) is 9.59 Å². The maximum Gasteiger partial charge on any atom is 0.326 e. The SMILES string of the molecule is C=CC(=O)N[C@@H](Cc1ccccc1)C(=O)N[C@@H](Cc1ccccc1)C(=O)O. The second-order valence-electron chi connectivity index (χ2n) is 6.04. The van der Waals surface area contributed by atoms with Crippen molar-refractivity contribution in [3.8, 4) is 0 Å². The molecule has 0 bridgehead atoms. The molecule has 0 aliphatic heterocycles. The van der Waals surface area contributed by atoms with E-state index in [0.717, 1.165) is 17.2 Å². The number of nitrogens with one attached hydrogen (secondary N) is 2. The highest BCUT2D eigenvalue weighted by atomic mass is 16.4. The molecule has 0 aliphatic carbocycles. The highest BCUT2D eigenvalue weighted by Gasteiger charge is 2.26. The second kappa shape index (κ2) is 9.91. The number of amides is 2. The van der Waals surface area contributed by atoms with Gasteiger partial charge in [0.15, 0.2) is 0 Å². The summed E-state index contributed by atoms with van der Waals surface area (Å²) in [4.78, 5) is 36.0. The Morgan fingerprint density at radius 3 is 1.78 bits per heavy atom. The van der Waals surface area contributed by atoms with Gasteiger partial charge in [-0.1, -0.05) is 67.2 Å². The summed E-state index contributed by atoms with van der Waals surface area (Å²) in [6, 6.07) is 16.2. The van der Waals surface area contributed by atoms with Gasteiger partial charge in [-0.05, 0) is 17.2 Å². The van der Waals surface area contributed by atoms with Crippen LogP contribution in [0.1, 0.15) is 11.1 Å². The molecule has 0 saturated heterocycles. The number of carboxylic acid groups (broad SMARTS) is 1. The van der Waals surface area contributed by atoms with Gasteiger partial charge in [0.25, 0.3) is 0 Å². The molecule has 2 atom stereocenters. The topological polar surface area (TPSA) is 95.5 Å². The summed E-state index contributed by atoms with van der Waals surface area (Å²) in [6.45, 7) is 3.39. The summed E-state index contributed by atoms with van der Waals surface area (Å²) in [5.41, 5.74) is 1.64. The fraction of sp³-hybridized carbons (Fsp3) is 0.190. The Morgan fingerprint density at radius 2 is 1.33 bits per heavy atom. The predicted octanol–water partition coefficient (Wildman–Crippen LogP) is 1.71. The molecule has 0 saturated carbocycles. The monoisotopic (exact) mass is 366 g/mol. The molecule has 0 aliphatic rings. The molecule has 140 valence electrons. The van der Waals surface area contributed by atoms with Gasteiger partial charge in [0.2, 0.25) is 11.8 Å². The number of carboxylic acids is 1. The Labute approximate surface area is 157 Å². The zero-order chi connectivity index (χ0) is 19.6. The predicted molar refractivity (Wildman–Crippen MR) is 102 cm³/mol. The fourth-order valence-electron chi connectivity index (χ4n) is 2.61. The first-order chi connectivity index (χ1) is 13.0. The average Bonchev–Trinajstić information content (AvgIpc) is 2.68. The van der Waals surface area contributed by atoms with Crippen LogP contribution in [0.2, 0.25) is 0 Å². The van der Waals surface area contributed by atoms with Crippen molar-refractivity contribution in [1.29, 1.82) is 0 Å². The van der Waals surface area contributed by atoms with Gasteiger partial charge in [0.05, 0.1) is 0 Å². The van der Waals surface area contributed by atoms with Crippen molar-refractivity contribution < 1.29 is 19.5 Å². The molecule has 2 amide bonds. The van der Waals surface area contributed by atoms with Crippen molar-refractivity contribution in [2.75, 3.05) is 0 Å². The van der Waals surface area contributed by atoms with Gasteiger partial charge in [0, 0.05) is 12.8 Å². The smallest absolute Gasteiger partial charge is 0.326 e. The summed E-state index contributed by atoms with van der Waals surface area (Å²) in [7, 11) is 0. The lowest BCUT2D eigenvalue weighted by atomic mass is 10.0. The lowest BCUT2D eigenvalue weighted by Crippen LogP contribution is -2.52. The van der Waals surface area contributed by atoms with E-state index in [1.165, 1.54) is 0 Å². The van der Waals surface area contributed by atoms with E-state index in [2.05, 4.69) is 17.2 Å². The number of rotatable bonds is 9. The maximum absolute atomic E-state index is 12.7. The molecule has 0 unspecified atom stereocenters. The second-order valence-corrected chi connectivity index (χ2v) is 6.04. The maximum atomic E-state index is 12.7. The quantitative estimate of drug-likeness (QED) is 0.589. The summed E-state index contributed by atoms with van der Waals surface area (Å²) < 4.78 is 0. The number of hydrogen-bond donors (Lipinski definition) is 3. The Hall–Kier alpha value is -3.41. The molecule has 0 aromatic heterocycles. The van der Waals surface area contributed by atoms with Gasteiger partial charge < -0.3 is 15.7 Å². The van der Waals surface area contributed by atoms with Crippen LogP contribution in [0.4, 0.5) is 0 Å². The van der Waals surface area contributed by atoms with E-state index in [4.69, 9.17) is 0 Å². The van der Waals surface area contributed by atoms with Crippen molar-refractivity contribution in [3.63, 3.8) is 0 Å². The number of carbonyl (C=O) groups is 3. The number of aliphatic carboxylic acids is 1.